The molecule has 0 atom stereocenters. The Morgan fingerprint density at radius 3 is 2.64 bits per heavy atom. The van der Waals surface area contributed by atoms with Gasteiger partial charge in [0, 0.05) is 33.7 Å². The molecule has 0 amide bonds. The molecule has 0 saturated heterocycles. The smallest absolute Gasteiger partial charge is 0.185 e. The normalized spacial score (nSPS) is 13.3. The lowest BCUT2D eigenvalue weighted by Gasteiger charge is -2.17. The first kappa shape index (κ1) is 12.7. The van der Waals surface area contributed by atoms with E-state index in [1.165, 1.54) is 42.7 Å². The maximum Gasteiger partial charge on any atom is 0.222 e. The minimum Gasteiger partial charge on any atom is -0.185 e. The van der Waals surface area contributed by atoms with Gasteiger partial charge >= 0.3 is 0 Å². The zero-order chi connectivity index (χ0) is 14.7. The van der Waals surface area contributed by atoms with Gasteiger partial charge in [0.1, 0.15) is 0 Å². The molecule has 0 N–H and O–H groups in total. The molecule has 3 heterocycles. The third-order valence-electron chi connectivity index (χ3n) is 4.47. The van der Waals surface area contributed by atoms with Gasteiger partial charge in [0.25, 0.3) is 0 Å². The van der Waals surface area contributed by atoms with Crippen molar-refractivity contribution in [2.45, 2.75) is 17.7 Å². The van der Waals surface area contributed by atoms with Crippen LogP contribution in [0.1, 0.15) is 5.69 Å². The van der Waals surface area contributed by atoms with Gasteiger partial charge in [-0.2, -0.15) is 4.57 Å². The van der Waals surface area contributed by atoms with E-state index in [2.05, 4.69) is 65.4 Å². The number of benzene rings is 2. The maximum absolute atomic E-state index is 2.45. The molecular formula is C19H14NS2+. The summed E-state index contributed by atoms with van der Waals surface area (Å²) in [5, 5.41) is 6.26. The molecule has 0 radical (unpaired) electrons. The summed E-state index contributed by atoms with van der Waals surface area (Å²) < 4.78 is 2.45. The highest BCUT2D eigenvalue weighted by atomic mass is 32.2. The van der Waals surface area contributed by atoms with Gasteiger partial charge in [-0.1, -0.05) is 36.0 Å². The number of thioether (sulfide) groups is 1. The van der Waals surface area contributed by atoms with Gasteiger partial charge in [0.2, 0.25) is 5.52 Å². The standard InChI is InChI=1S/C19H14NS2/c1-12-4-5-14-7-6-13-8-9-15(16-3-2-10-21-16)19-17(13)18(14)20(12)11-22-19/h2-10H,11H2,1H3/q+1. The fourth-order valence-electron chi connectivity index (χ4n) is 3.36. The molecule has 22 heavy (non-hydrogen) atoms. The fourth-order valence-corrected chi connectivity index (χ4v) is 5.46. The van der Waals surface area contributed by atoms with Crippen LogP contribution in [0.25, 0.3) is 32.1 Å². The van der Waals surface area contributed by atoms with Crippen molar-refractivity contribution < 1.29 is 4.57 Å². The third-order valence-corrected chi connectivity index (χ3v) is 6.47. The van der Waals surface area contributed by atoms with Crippen molar-refractivity contribution in [3.63, 3.8) is 0 Å². The summed E-state index contributed by atoms with van der Waals surface area (Å²) in [4.78, 5) is 2.80. The molecule has 3 heteroatoms. The highest BCUT2D eigenvalue weighted by Crippen LogP contribution is 2.43. The average Bonchev–Trinajstić information content (AvgIpc) is 3.08. The summed E-state index contributed by atoms with van der Waals surface area (Å²) in [6.07, 6.45) is 0. The van der Waals surface area contributed by atoms with E-state index in [-0.39, 0.29) is 0 Å². The van der Waals surface area contributed by atoms with Crippen LogP contribution in [-0.4, -0.2) is 0 Å². The van der Waals surface area contributed by atoms with Gasteiger partial charge in [-0.25, -0.2) is 0 Å². The molecule has 2 aromatic heterocycles. The maximum atomic E-state index is 2.45. The molecule has 0 unspecified atom stereocenters. The third kappa shape index (κ3) is 1.64. The minimum atomic E-state index is 0.998. The zero-order valence-electron chi connectivity index (χ0n) is 12.2. The second-order valence-corrected chi connectivity index (χ2v) is 7.60. The molecule has 1 aliphatic rings. The summed E-state index contributed by atoms with van der Waals surface area (Å²) in [5.74, 6) is 0.998. The largest absolute Gasteiger partial charge is 0.222 e. The lowest BCUT2D eigenvalue weighted by Crippen LogP contribution is -2.38. The van der Waals surface area contributed by atoms with E-state index in [4.69, 9.17) is 0 Å². The lowest BCUT2D eigenvalue weighted by molar-refractivity contribution is -0.655. The van der Waals surface area contributed by atoms with Crippen LogP contribution in [0, 0.1) is 6.92 Å². The van der Waals surface area contributed by atoms with Gasteiger partial charge in [-0.15, -0.1) is 11.3 Å². The first-order chi connectivity index (χ1) is 10.8. The summed E-state index contributed by atoms with van der Waals surface area (Å²) in [6.45, 7) is 2.20. The number of nitrogens with zero attached hydrogens (tertiary/aromatic N) is 1. The van der Waals surface area contributed by atoms with Crippen molar-refractivity contribution in [2.75, 3.05) is 0 Å². The Bertz CT molecular complexity index is 1030. The number of hydrogen-bond acceptors (Lipinski definition) is 2. The number of rotatable bonds is 1. The van der Waals surface area contributed by atoms with Crippen LogP contribution in [0.2, 0.25) is 0 Å². The predicted octanol–water partition coefficient (Wildman–Crippen LogP) is 5.38. The summed E-state index contributed by atoms with van der Waals surface area (Å²) >= 11 is 3.79. The van der Waals surface area contributed by atoms with E-state index in [0.29, 0.717) is 0 Å². The van der Waals surface area contributed by atoms with Crippen LogP contribution in [-0.2, 0) is 5.88 Å². The Balaban J connectivity index is 2.01. The minimum absolute atomic E-state index is 0.998. The van der Waals surface area contributed by atoms with Crippen LogP contribution in [0.3, 0.4) is 0 Å². The second-order valence-electron chi connectivity index (χ2n) is 5.70. The number of thiophene rings is 1. The Kier molecular flexibility index (Phi) is 2.64. The van der Waals surface area contributed by atoms with Gasteiger partial charge in [-0.3, -0.25) is 0 Å². The first-order valence-electron chi connectivity index (χ1n) is 7.38. The van der Waals surface area contributed by atoms with E-state index >= 15 is 0 Å². The predicted molar refractivity (Wildman–Crippen MR) is 95.6 cm³/mol. The van der Waals surface area contributed by atoms with Crippen molar-refractivity contribution in [1.29, 1.82) is 0 Å². The number of aromatic nitrogens is 1. The van der Waals surface area contributed by atoms with Crippen molar-refractivity contribution >= 4 is 44.8 Å². The van der Waals surface area contributed by atoms with Crippen LogP contribution in [0.5, 0.6) is 0 Å². The molecule has 0 spiro atoms. The Labute approximate surface area is 137 Å². The average molecular weight is 320 g/mol. The molecule has 0 fully saturated rings. The first-order valence-corrected chi connectivity index (χ1v) is 9.25. The monoisotopic (exact) mass is 320 g/mol. The fraction of sp³-hybridized carbons (Fsp3) is 0.105. The van der Waals surface area contributed by atoms with E-state index in [9.17, 15) is 0 Å². The Morgan fingerprint density at radius 1 is 0.955 bits per heavy atom. The molecule has 0 bridgehead atoms. The van der Waals surface area contributed by atoms with Crippen molar-refractivity contribution in [3.8, 4) is 10.4 Å². The quantitative estimate of drug-likeness (QED) is 0.336. The number of hydrogen-bond donors (Lipinski definition) is 0. The summed E-state index contributed by atoms with van der Waals surface area (Å²) in [5.41, 5.74) is 4.11. The lowest BCUT2D eigenvalue weighted by atomic mass is 10.0. The molecule has 0 aliphatic carbocycles. The van der Waals surface area contributed by atoms with Crippen LogP contribution in [0.15, 0.2) is 58.8 Å². The number of aryl methyl sites for hydroxylation is 1. The molecule has 5 rings (SSSR count). The van der Waals surface area contributed by atoms with E-state index in [1.54, 1.807) is 0 Å². The Morgan fingerprint density at radius 2 is 1.77 bits per heavy atom. The van der Waals surface area contributed by atoms with Crippen molar-refractivity contribution in [1.82, 2.24) is 0 Å². The van der Waals surface area contributed by atoms with E-state index < -0.39 is 0 Å². The molecule has 106 valence electrons. The van der Waals surface area contributed by atoms with Gasteiger partial charge in [0.15, 0.2) is 11.6 Å². The Hall–Kier alpha value is -1.84. The van der Waals surface area contributed by atoms with Crippen LogP contribution in [0.4, 0.5) is 0 Å². The summed E-state index contributed by atoms with van der Waals surface area (Å²) in [7, 11) is 0. The molecular weight excluding hydrogens is 306 g/mol. The van der Waals surface area contributed by atoms with Crippen molar-refractivity contribution in [3.05, 3.63) is 59.6 Å². The highest BCUT2D eigenvalue weighted by molar-refractivity contribution is 7.98. The summed E-state index contributed by atoms with van der Waals surface area (Å²) in [6, 6.07) is 17.9. The molecule has 0 saturated carbocycles. The zero-order valence-corrected chi connectivity index (χ0v) is 13.8. The van der Waals surface area contributed by atoms with Gasteiger partial charge in [0.05, 0.1) is 5.39 Å². The molecule has 4 aromatic rings. The second kappa shape index (κ2) is 4.58. The van der Waals surface area contributed by atoms with E-state index in [1.807, 2.05) is 23.1 Å². The number of pyridine rings is 1. The van der Waals surface area contributed by atoms with Crippen LogP contribution < -0.4 is 4.57 Å². The topological polar surface area (TPSA) is 3.88 Å². The highest BCUT2D eigenvalue weighted by Gasteiger charge is 2.26. The van der Waals surface area contributed by atoms with Gasteiger partial charge < -0.3 is 0 Å². The molecule has 1 aliphatic heterocycles. The molecule has 2 aromatic carbocycles. The molecule has 1 nitrogen and oxygen atoms in total. The van der Waals surface area contributed by atoms with Crippen molar-refractivity contribution in [2.24, 2.45) is 0 Å². The SMILES string of the molecule is Cc1ccc2ccc3ccc(-c4cccs4)c4c3c2[n+]1CS4. The van der Waals surface area contributed by atoms with Crippen LogP contribution >= 0.6 is 23.1 Å². The van der Waals surface area contributed by atoms with Gasteiger partial charge in [-0.05, 0) is 29.0 Å². The van der Waals surface area contributed by atoms with E-state index in [0.717, 1.165) is 5.88 Å².